The summed E-state index contributed by atoms with van der Waals surface area (Å²) >= 11 is 7.16. The molecule has 0 fully saturated rings. The molecular weight excluding hydrogens is 759 g/mol. The van der Waals surface area contributed by atoms with Crippen molar-refractivity contribution in [1.82, 2.24) is 0 Å². The Morgan fingerprint density at radius 2 is 1.57 bits per heavy atom. The number of benzene rings is 2. The first-order valence-electron chi connectivity index (χ1n) is 17.9. The maximum atomic E-state index is 11.5. The van der Waals surface area contributed by atoms with Gasteiger partial charge in [-0.1, -0.05) is 49.7 Å². The summed E-state index contributed by atoms with van der Waals surface area (Å²) in [4.78, 5) is 2.09. The smallest absolute Gasteiger partial charge is 0.748 e. The minimum atomic E-state index is -4.38. The molecule has 2 aromatic rings. The van der Waals surface area contributed by atoms with E-state index in [4.69, 9.17) is 16.3 Å². The molecule has 0 radical (unpaired) electrons. The van der Waals surface area contributed by atoms with Crippen LogP contribution >= 0.6 is 11.6 Å². The summed E-state index contributed by atoms with van der Waals surface area (Å²) in [5.41, 5.74) is 9.62. The second-order valence-corrected chi connectivity index (χ2v) is 18.7. The van der Waals surface area contributed by atoms with Gasteiger partial charge in [0, 0.05) is 63.5 Å². The zero-order valence-electron chi connectivity index (χ0n) is 32.6. The number of allylic oxidation sites excluding steroid dienone is 8. The molecule has 14 heteroatoms. The largest absolute Gasteiger partial charge is 1.00 e. The number of ether oxygens (including phenoxy) is 1. The van der Waals surface area contributed by atoms with Crippen LogP contribution < -0.4 is 39.2 Å². The predicted octanol–water partition coefficient (Wildman–Crippen LogP) is 3.90. The third-order valence-electron chi connectivity index (χ3n) is 10.7. The van der Waals surface area contributed by atoms with E-state index in [-0.39, 0.29) is 49.0 Å². The fraction of sp³-hybridized carbons (Fsp3) is 0.475. The van der Waals surface area contributed by atoms with Crippen LogP contribution in [0.15, 0.2) is 70.4 Å². The fourth-order valence-corrected chi connectivity index (χ4v) is 9.38. The Balaban J connectivity index is 0.00000650. The molecule has 0 bridgehead atoms. The average molecular weight is 809 g/mol. The number of fused-ring (bicyclic) bond motifs is 2. The average Bonchev–Trinajstić information content (AvgIpc) is 3.41. The summed E-state index contributed by atoms with van der Waals surface area (Å²) in [6.45, 7) is 13.0. The van der Waals surface area contributed by atoms with Crippen LogP contribution in [0.25, 0.3) is 0 Å². The normalized spacial score (nSPS) is 19.6. The molecule has 1 N–H and O–H groups in total. The summed E-state index contributed by atoms with van der Waals surface area (Å²) in [5.74, 6) is -0.185. The fourth-order valence-electron chi connectivity index (χ4n) is 8.10. The quantitative estimate of drug-likeness (QED) is 0.181. The Labute approximate surface area is 348 Å². The van der Waals surface area contributed by atoms with Gasteiger partial charge in [0.2, 0.25) is 5.69 Å². The Hall–Kier alpha value is -2.26. The van der Waals surface area contributed by atoms with Gasteiger partial charge in [-0.25, -0.2) is 16.8 Å². The minimum absolute atomic E-state index is 0. The third-order valence-corrected chi connectivity index (χ3v) is 12.8. The van der Waals surface area contributed by atoms with E-state index in [0.29, 0.717) is 18.1 Å². The summed E-state index contributed by atoms with van der Waals surface area (Å²) < 4.78 is 76.6. The second kappa shape index (κ2) is 17.1. The Morgan fingerprint density at radius 1 is 0.907 bits per heavy atom. The van der Waals surface area contributed by atoms with Gasteiger partial charge in [-0.15, -0.1) is 0 Å². The summed E-state index contributed by atoms with van der Waals surface area (Å²) in [6, 6.07) is 7.89. The number of aliphatic hydroxyl groups is 1. The van der Waals surface area contributed by atoms with Crippen molar-refractivity contribution in [2.75, 3.05) is 36.6 Å². The molecule has 0 amide bonds. The molecule has 54 heavy (non-hydrogen) atoms. The monoisotopic (exact) mass is 808 g/mol. The van der Waals surface area contributed by atoms with Gasteiger partial charge in [-0.2, -0.15) is 4.58 Å². The first kappa shape index (κ1) is 44.5. The molecule has 1 aliphatic carbocycles. The van der Waals surface area contributed by atoms with Crippen LogP contribution in [0.1, 0.15) is 87.6 Å². The number of aliphatic hydroxyl groups excluding tert-OH is 1. The van der Waals surface area contributed by atoms with E-state index in [2.05, 4.69) is 43.2 Å². The van der Waals surface area contributed by atoms with Crippen molar-refractivity contribution in [3.63, 3.8) is 0 Å². The van der Waals surface area contributed by atoms with Crippen LogP contribution in [0.2, 0.25) is 0 Å². The molecule has 0 spiro atoms. The van der Waals surface area contributed by atoms with E-state index in [0.717, 1.165) is 86.8 Å². The van der Waals surface area contributed by atoms with Crippen LogP contribution in [0.3, 0.4) is 0 Å². The van der Waals surface area contributed by atoms with Gasteiger partial charge in [0.15, 0.2) is 5.71 Å². The molecule has 2 aliphatic heterocycles. The second-order valence-electron chi connectivity index (χ2n) is 15.2. The maximum Gasteiger partial charge on any atom is 1.00 e. The van der Waals surface area contributed by atoms with Crippen molar-refractivity contribution in [3.05, 3.63) is 98.3 Å². The standard InChI is InChI=1S/C40H51ClN2O8S2.Na/c1-26-21-28(25-44)23-32-37(26)42(17-9-19-52(45,46)47)34(39(32,3)4)15-13-29-11-8-12-30(36(29)41)14-16-35-40(5,6)33-24-31(51-7)22-27(2)38(33)43(35)18-10-20-53(48,49)50;/h13-16,21-24,44H,8-12,17-20,25H2,1-7H3,(H-,45,46,47,48,49,50);/q;+1/p-1. The molecule has 0 aromatic heterocycles. The van der Waals surface area contributed by atoms with E-state index in [1.54, 1.807) is 7.11 Å². The van der Waals surface area contributed by atoms with Crippen LogP contribution in [0, 0.1) is 13.8 Å². The van der Waals surface area contributed by atoms with E-state index >= 15 is 0 Å². The minimum Gasteiger partial charge on any atom is -0.748 e. The number of hydrogen-bond donors (Lipinski definition) is 1. The Morgan fingerprint density at radius 3 is 2.20 bits per heavy atom. The zero-order chi connectivity index (χ0) is 39.1. The van der Waals surface area contributed by atoms with E-state index < -0.39 is 42.6 Å². The molecule has 288 valence electrons. The van der Waals surface area contributed by atoms with Crippen LogP contribution in [0.4, 0.5) is 11.4 Å². The molecule has 0 saturated heterocycles. The van der Waals surface area contributed by atoms with Gasteiger partial charge in [0.05, 0.1) is 39.4 Å². The summed E-state index contributed by atoms with van der Waals surface area (Å²) in [7, 11) is -7.11. The molecule has 3 aliphatic rings. The van der Waals surface area contributed by atoms with E-state index in [1.165, 1.54) is 0 Å². The van der Waals surface area contributed by atoms with Crippen molar-refractivity contribution >= 4 is 48.9 Å². The first-order valence-corrected chi connectivity index (χ1v) is 21.4. The number of aryl methyl sites for hydroxylation is 2. The molecule has 2 heterocycles. The Kier molecular flexibility index (Phi) is 14.1. The molecular formula is C40H50ClN2NaO8S2. The summed E-state index contributed by atoms with van der Waals surface area (Å²) in [5, 5.41) is 10.6. The van der Waals surface area contributed by atoms with Gasteiger partial charge in [0.25, 0.3) is 0 Å². The predicted molar refractivity (Wildman–Crippen MR) is 208 cm³/mol. The van der Waals surface area contributed by atoms with Crippen LogP contribution in [-0.4, -0.2) is 73.0 Å². The molecule has 0 saturated carbocycles. The number of rotatable bonds is 13. The molecule has 10 nitrogen and oxygen atoms in total. The van der Waals surface area contributed by atoms with Gasteiger partial charge >= 0.3 is 29.6 Å². The maximum absolute atomic E-state index is 11.5. The molecule has 0 atom stereocenters. The first-order chi connectivity index (χ1) is 24.7. The number of anilines is 1. The van der Waals surface area contributed by atoms with E-state index in [1.807, 2.05) is 56.3 Å². The van der Waals surface area contributed by atoms with Crippen molar-refractivity contribution < 1.29 is 69.9 Å². The molecule has 5 rings (SSSR count). The van der Waals surface area contributed by atoms with Crippen molar-refractivity contribution in [3.8, 4) is 5.75 Å². The van der Waals surface area contributed by atoms with Crippen molar-refractivity contribution in [1.29, 1.82) is 0 Å². The van der Waals surface area contributed by atoms with Crippen molar-refractivity contribution in [2.45, 2.75) is 91.1 Å². The van der Waals surface area contributed by atoms with Crippen LogP contribution in [0.5, 0.6) is 5.75 Å². The van der Waals surface area contributed by atoms with E-state index in [9.17, 15) is 31.0 Å². The van der Waals surface area contributed by atoms with Crippen LogP contribution in [-0.2, 0) is 37.7 Å². The number of halogens is 1. The zero-order valence-corrected chi connectivity index (χ0v) is 37.0. The Bertz CT molecular complexity index is 2190. The third kappa shape index (κ3) is 9.46. The molecule has 2 aromatic carbocycles. The topological polar surface area (TPSA) is 150 Å². The number of methoxy groups -OCH3 is 1. The van der Waals surface area contributed by atoms with Gasteiger partial charge in [-0.3, -0.25) is 0 Å². The number of nitrogens with zero attached hydrogens (tertiary/aromatic N) is 2. The summed E-state index contributed by atoms with van der Waals surface area (Å²) in [6.07, 6.45) is 10.9. The number of hydrogen-bond acceptors (Lipinski definition) is 9. The van der Waals surface area contributed by atoms with Gasteiger partial charge in [0.1, 0.15) is 12.3 Å². The van der Waals surface area contributed by atoms with Gasteiger partial charge in [-0.05, 0) is 99.4 Å². The van der Waals surface area contributed by atoms with Gasteiger partial charge < -0.3 is 23.8 Å². The molecule has 0 unspecified atom stereocenters. The SMILES string of the molecule is COc1cc(C)c2c(c1)C(C)(C)C(/C=C/C1=C(Cl)C(=C/C=C3\N(CCCS(=O)(=O)[O-])c4c(C)cc(CO)cc4C3(C)C)/CCC1)=[N+]2CCCS(=O)(=O)[O-].[Na+]. The van der Waals surface area contributed by atoms with Crippen molar-refractivity contribution in [2.24, 2.45) is 0 Å².